The fourth-order valence-electron chi connectivity index (χ4n) is 2.80. The minimum atomic E-state index is -0.571. The number of amides is 1. The number of anilines is 1. The van der Waals surface area contributed by atoms with Crippen molar-refractivity contribution < 1.29 is 4.79 Å². The molecule has 1 saturated heterocycles. The number of hydrogen-bond acceptors (Lipinski definition) is 5. The number of nitrogens with two attached hydrogens (primary N) is 1. The first-order valence-corrected chi connectivity index (χ1v) is 7.63. The van der Waals surface area contributed by atoms with Crippen molar-refractivity contribution in [1.29, 1.82) is 0 Å². The van der Waals surface area contributed by atoms with Crippen molar-refractivity contribution in [1.82, 2.24) is 15.3 Å². The van der Waals surface area contributed by atoms with Gasteiger partial charge in [0.2, 0.25) is 5.91 Å². The number of nitrogens with one attached hydrogen (secondary N) is 1. The van der Waals surface area contributed by atoms with Gasteiger partial charge in [-0.2, -0.15) is 0 Å². The summed E-state index contributed by atoms with van der Waals surface area (Å²) in [6.45, 7) is 5.71. The highest BCUT2D eigenvalue weighted by Gasteiger charge is 2.46. The molecular formula is C15H23N5O. The molecule has 0 bridgehead atoms. The Morgan fingerprint density at radius 2 is 2.00 bits per heavy atom. The van der Waals surface area contributed by atoms with Crippen molar-refractivity contribution in [2.75, 3.05) is 18.0 Å². The summed E-state index contributed by atoms with van der Waals surface area (Å²) in [4.78, 5) is 23.0. The summed E-state index contributed by atoms with van der Waals surface area (Å²) in [7, 11) is 0. The number of carbonyl (C=O) groups excluding carboxylic acids is 1. The second-order valence-corrected chi connectivity index (χ2v) is 6.31. The van der Waals surface area contributed by atoms with Gasteiger partial charge in [-0.1, -0.05) is 0 Å². The minimum Gasteiger partial charge on any atom is -0.356 e. The number of rotatable bonds is 3. The summed E-state index contributed by atoms with van der Waals surface area (Å²) in [5, 5.41) is 3.09. The molecule has 3 rings (SSSR count). The molecule has 0 spiro atoms. The van der Waals surface area contributed by atoms with Gasteiger partial charge in [0.15, 0.2) is 0 Å². The predicted octanol–water partition coefficient (Wildman–Crippen LogP) is 0.670. The fourth-order valence-corrected chi connectivity index (χ4v) is 2.80. The number of carbonyl (C=O) groups is 1. The van der Waals surface area contributed by atoms with Gasteiger partial charge >= 0.3 is 0 Å². The summed E-state index contributed by atoms with van der Waals surface area (Å²) in [5.41, 5.74) is 6.34. The molecule has 2 heterocycles. The van der Waals surface area contributed by atoms with Gasteiger partial charge in [-0.25, -0.2) is 9.97 Å². The van der Waals surface area contributed by atoms with Crippen molar-refractivity contribution in [3.63, 3.8) is 0 Å². The Balaban J connectivity index is 1.56. The fraction of sp³-hybridized carbons (Fsp3) is 0.667. The Labute approximate surface area is 125 Å². The van der Waals surface area contributed by atoms with Crippen LogP contribution in [-0.2, 0) is 4.79 Å². The molecule has 2 fully saturated rings. The van der Waals surface area contributed by atoms with Crippen molar-refractivity contribution in [3.05, 3.63) is 17.6 Å². The molecule has 1 amide bonds. The molecule has 0 radical (unpaired) electrons. The van der Waals surface area contributed by atoms with Crippen LogP contribution in [0.5, 0.6) is 0 Å². The normalized spacial score (nSPS) is 21.2. The van der Waals surface area contributed by atoms with E-state index < -0.39 is 5.54 Å². The molecule has 1 aromatic heterocycles. The number of hydrogen-bond donors (Lipinski definition) is 2. The first-order chi connectivity index (χ1) is 9.96. The molecule has 1 aliphatic heterocycles. The molecule has 0 atom stereocenters. The van der Waals surface area contributed by atoms with Crippen molar-refractivity contribution in [3.8, 4) is 0 Å². The second-order valence-electron chi connectivity index (χ2n) is 6.31. The molecule has 3 N–H and O–H groups in total. The zero-order chi connectivity index (χ0) is 15.0. The lowest BCUT2D eigenvalue weighted by atomic mass is 10.0. The SMILES string of the molecule is Cc1cc(N2CCC(NC(=O)C3(N)CC3)CC2)nc(C)n1. The average molecular weight is 289 g/mol. The van der Waals surface area contributed by atoms with Gasteiger partial charge in [0.25, 0.3) is 0 Å². The quantitative estimate of drug-likeness (QED) is 0.854. The molecule has 21 heavy (non-hydrogen) atoms. The van der Waals surface area contributed by atoms with Crippen LogP contribution in [0.15, 0.2) is 6.07 Å². The van der Waals surface area contributed by atoms with Crippen LogP contribution >= 0.6 is 0 Å². The third-order valence-electron chi connectivity index (χ3n) is 4.35. The van der Waals surface area contributed by atoms with Gasteiger partial charge in [-0.05, 0) is 39.5 Å². The number of aromatic nitrogens is 2. The Kier molecular flexibility index (Phi) is 3.57. The van der Waals surface area contributed by atoms with Crippen molar-refractivity contribution in [2.45, 2.75) is 51.1 Å². The van der Waals surface area contributed by atoms with E-state index in [9.17, 15) is 4.79 Å². The highest BCUT2D eigenvalue weighted by atomic mass is 16.2. The molecular weight excluding hydrogens is 266 g/mol. The standard InChI is InChI=1S/C15H23N5O/c1-10-9-13(18-11(2)17-10)20-7-3-12(4-8-20)19-14(21)15(16)5-6-15/h9,12H,3-8,16H2,1-2H3,(H,19,21). The maximum atomic E-state index is 12.0. The molecule has 0 unspecified atom stereocenters. The molecule has 6 nitrogen and oxygen atoms in total. The Hall–Kier alpha value is -1.69. The molecule has 2 aliphatic rings. The molecule has 1 aliphatic carbocycles. The first-order valence-electron chi connectivity index (χ1n) is 7.63. The largest absolute Gasteiger partial charge is 0.356 e. The third-order valence-corrected chi connectivity index (χ3v) is 4.35. The third kappa shape index (κ3) is 3.15. The number of piperidine rings is 1. The maximum Gasteiger partial charge on any atom is 0.240 e. The van der Waals surface area contributed by atoms with Crippen LogP contribution in [0.4, 0.5) is 5.82 Å². The zero-order valence-corrected chi connectivity index (χ0v) is 12.7. The zero-order valence-electron chi connectivity index (χ0n) is 12.7. The van der Waals surface area contributed by atoms with Crippen LogP contribution in [0.1, 0.15) is 37.2 Å². The Morgan fingerprint density at radius 3 is 2.57 bits per heavy atom. The Morgan fingerprint density at radius 1 is 1.33 bits per heavy atom. The summed E-state index contributed by atoms with van der Waals surface area (Å²) in [5.74, 6) is 1.82. The molecule has 6 heteroatoms. The smallest absolute Gasteiger partial charge is 0.240 e. The van der Waals surface area contributed by atoms with Gasteiger partial charge in [0.1, 0.15) is 11.6 Å². The monoisotopic (exact) mass is 289 g/mol. The second kappa shape index (κ2) is 5.26. The summed E-state index contributed by atoms with van der Waals surface area (Å²) in [6, 6.07) is 2.25. The van der Waals surface area contributed by atoms with E-state index in [2.05, 4.69) is 20.2 Å². The van der Waals surface area contributed by atoms with E-state index in [1.807, 2.05) is 19.9 Å². The Bertz CT molecular complexity index is 527. The highest BCUT2D eigenvalue weighted by Crippen LogP contribution is 2.32. The van der Waals surface area contributed by atoms with E-state index in [1.165, 1.54) is 0 Å². The van der Waals surface area contributed by atoms with Gasteiger partial charge < -0.3 is 16.0 Å². The molecule has 114 valence electrons. The van der Waals surface area contributed by atoms with Crippen LogP contribution in [-0.4, -0.2) is 40.5 Å². The van der Waals surface area contributed by atoms with E-state index >= 15 is 0 Å². The van der Waals surface area contributed by atoms with Crippen molar-refractivity contribution in [2.24, 2.45) is 5.73 Å². The summed E-state index contributed by atoms with van der Waals surface area (Å²) < 4.78 is 0. The summed E-state index contributed by atoms with van der Waals surface area (Å²) in [6.07, 6.45) is 3.50. The van der Waals surface area contributed by atoms with Crippen LogP contribution < -0.4 is 16.0 Å². The maximum absolute atomic E-state index is 12.0. The predicted molar refractivity (Wildman–Crippen MR) is 81.0 cm³/mol. The van der Waals surface area contributed by atoms with Crippen molar-refractivity contribution >= 4 is 11.7 Å². The lowest BCUT2D eigenvalue weighted by Gasteiger charge is -2.33. The van der Waals surface area contributed by atoms with E-state index in [0.29, 0.717) is 0 Å². The topological polar surface area (TPSA) is 84.1 Å². The van der Waals surface area contributed by atoms with Gasteiger partial charge in [0.05, 0.1) is 5.54 Å². The molecule has 1 aromatic rings. The summed E-state index contributed by atoms with van der Waals surface area (Å²) >= 11 is 0. The number of aryl methyl sites for hydroxylation is 2. The molecule has 1 saturated carbocycles. The molecule has 0 aromatic carbocycles. The van der Waals surface area contributed by atoms with E-state index in [1.54, 1.807) is 0 Å². The van der Waals surface area contributed by atoms with Crippen LogP contribution in [0.3, 0.4) is 0 Å². The van der Waals surface area contributed by atoms with Crippen LogP contribution in [0.25, 0.3) is 0 Å². The van der Waals surface area contributed by atoms with E-state index in [4.69, 9.17) is 5.73 Å². The van der Waals surface area contributed by atoms with Gasteiger partial charge in [-0.3, -0.25) is 4.79 Å². The number of nitrogens with zero attached hydrogens (tertiary/aromatic N) is 3. The van der Waals surface area contributed by atoms with E-state index in [0.717, 1.165) is 56.1 Å². The van der Waals surface area contributed by atoms with Crippen LogP contribution in [0, 0.1) is 13.8 Å². The van der Waals surface area contributed by atoms with Crippen LogP contribution in [0.2, 0.25) is 0 Å². The van der Waals surface area contributed by atoms with Gasteiger partial charge in [-0.15, -0.1) is 0 Å². The minimum absolute atomic E-state index is 0.0228. The van der Waals surface area contributed by atoms with E-state index in [-0.39, 0.29) is 11.9 Å². The van der Waals surface area contributed by atoms with Gasteiger partial charge in [0, 0.05) is 30.9 Å². The lowest BCUT2D eigenvalue weighted by molar-refractivity contribution is -0.124. The first kappa shape index (κ1) is 14.3. The highest BCUT2D eigenvalue weighted by molar-refractivity contribution is 5.89. The average Bonchev–Trinajstić information content (AvgIpc) is 3.18. The lowest BCUT2D eigenvalue weighted by Crippen LogP contribution is -2.51.